The molecule has 0 fully saturated rings. The van der Waals surface area contributed by atoms with Crippen LogP contribution in [0.4, 0.5) is 0 Å². The Morgan fingerprint density at radius 1 is 0.296 bits per heavy atom. The Kier molecular flexibility index (Phi) is 69.3. The third-order valence-electron chi connectivity index (χ3n) is 16.7. The maximum Gasteiger partial charge on any atom is 0.472 e. The predicted octanol–water partition coefficient (Wildman–Crippen LogP) is 22.4. The third-order valence-corrected chi connectivity index (χ3v) is 18.6. The summed E-state index contributed by atoms with van der Waals surface area (Å²) in [5.74, 6) is -2.22. The molecule has 5 unspecified atom stereocenters. The van der Waals surface area contributed by atoms with Crippen molar-refractivity contribution in [3.05, 3.63) is 72.9 Å². The zero-order chi connectivity index (χ0) is 71.8. The summed E-state index contributed by atoms with van der Waals surface area (Å²) in [7, 11) is -9.95. The molecule has 0 aromatic carbocycles. The molecule has 19 heteroatoms. The van der Waals surface area contributed by atoms with E-state index in [0.29, 0.717) is 32.1 Å². The first kappa shape index (κ1) is 94.5. The summed E-state index contributed by atoms with van der Waals surface area (Å²) < 4.78 is 68.5. The molecular weight excluding hydrogens is 1280 g/mol. The number of carbonyl (C=O) groups excluding carboxylic acids is 4. The molecule has 17 nitrogen and oxygen atoms in total. The number of allylic oxidation sites excluding steroid dienone is 12. The highest BCUT2D eigenvalue weighted by Crippen LogP contribution is 2.45. The highest BCUT2D eigenvalue weighted by molar-refractivity contribution is 7.47. The van der Waals surface area contributed by atoms with Crippen LogP contribution in [0.1, 0.15) is 349 Å². The molecule has 98 heavy (non-hydrogen) atoms. The average molecular weight is 1430 g/mol. The minimum absolute atomic E-state index is 0.0870. The minimum atomic E-state index is -4.98. The molecule has 5 atom stereocenters. The van der Waals surface area contributed by atoms with Crippen LogP contribution in [0.5, 0.6) is 0 Å². The first-order valence-corrected chi connectivity index (χ1v) is 42.2. The quantitative estimate of drug-likeness (QED) is 0.0169. The van der Waals surface area contributed by atoms with E-state index in [1.807, 2.05) is 12.2 Å². The lowest BCUT2D eigenvalue weighted by Gasteiger charge is -2.21. The summed E-state index contributed by atoms with van der Waals surface area (Å²) in [5, 5.41) is 10.6. The van der Waals surface area contributed by atoms with E-state index in [-0.39, 0.29) is 25.7 Å². The molecule has 0 saturated heterocycles. The molecule has 0 aliphatic heterocycles. The molecule has 0 spiro atoms. The van der Waals surface area contributed by atoms with Gasteiger partial charge in [-0.1, -0.05) is 306 Å². The maximum absolute atomic E-state index is 13.1. The molecular formula is C79H142O17P2. The predicted molar refractivity (Wildman–Crippen MR) is 400 cm³/mol. The van der Waals surface area contributed by atoms with E-state index >= 15 is 0 Å². The number of aliphatic hydroxyl groups excluding tert-OH is 1. The number of hydrogen-bond donors (Lipinski definition) is 3. The van der Waals surface area contributed by atoms with Crippen molar-refractivity contribution < 1.29 is 80.2 Å². The fourth-order valence-corrected chi connectivity index (χ4v) is 12.3. The Labute approximate surface area is 596 Å². The first-order chi connectivity index (χ1) is 47.7. The van der Waals surface area contributed by atoms with Crippen molar-refractivity contribution in [3.63, 3.8) is 0 Å². The van der Waals surface area contributed by atoms with E-state index in [4.69, 9.17) is 37.0 Å². The van der Waals surface area contributed by atoms with Gasteiger partial charge in [0.2, 0.25) is 0 Å². The van der Waals surface area contributed by atoms with Gasteiger partial charge in [0.15, 0.2) is 12.2 Å². The SMILES string of the molecule is CC/C=C\C/C=C\C/C=C\C/C=C\C/C=C\CCCC(=O)OCC(COP(=O)(O)OCC(O)COP(=O)(O)OCC(COC(=O)CCCCCCC/C=C\CCCCCC)OC(=O)CCCCCCCCCCCCCCC)OC(=O)CCCCCCCCCCCCCCCCC. The second-order valence-electron chi connectivity index (χ2n) is 26.3. The summed E-state index contributed by atoms with van der Waals surface area (Å²) in [5.41, 5.74) is 0. The Hall–Kier alpha value is -3.50. The maximum atomic E-state index is 13.1. The third kappa shape index (κ3) is 70.9. The van der Waals surface area contributed by atoms with Crippen LogP contribution in [-0.4, -0.2) is 96.7 Å². The number of phosphoric acid groups is 2. The highest BCUT2D eigenvalue weighted by Gasteiger charge is 2.30. The smallest absolute Gasteiger partial charge is 0.462 e. The number of phosphoric ester groups is 2. The topological polar surface area (TPSA) is 237 Å². The van der Waals surface area contributed by atoms with Crippen LogP contribution in [0.15, 0.2) is 72.9 Å². The van der Waals surface area contributed by atoms with Gasteiger partial charge in [-0.15, -0.1) is 0 Å². The van der Waals surface area contributed by atoms with Crippen molar-refractivity contribution in [2.45, 2.75) is 367 Å². The van der Waals surface area contributed by atoms with Gasteiger partial charge in [-0.25, -0.2) is 9.13 Å². The molecule has 0 amide bonds. The summed E-state index contributed by atoms with van der Waals surface area (Å²) in [6, 6.07) is 0. The summed E-state index contributed by atoms with van der Waals surface area (Å²) >= 11 is 0. The second kappa shape index (κ2) is 71.9. The van der Waals surface area contributed by atoms with Gasteiger partial charge >= 0.3 is 39.5 Å². The van der Waals surface area contributed by atoms with Gasteiger partial charge in [-0.2, -0.15) is 0 Å². The van der Waals surface area contributed by atoms with E-state index in [9.17, 15) is 43.2 Å². The lowest BCUT2D eigenvalue weighted by atomic mass is 10.0. The van der Waals surface area contributed by atoms with Crippen LogP contribution >= 0.6 is 15.6 Å². The van der Waals surface area contributed by atoms with Crippen LogP contribution in [0.2, 0.25) is 0 Å². The highest BCUT2D eigenvalue weighted by atomic mass is 31.2. The fraction of sp³-hybridized carbons (Fsp3) is 0.797. The minimum Gasteiger partial charge on any atom is -0.462 e. The van der Waals surface area contributed by atoms with Crippen molar-refractivity contribution in [2.75, 3.05) is 39.6 Å². The zero-order valence-corrected chi connectivity index (χ0v) is 64.0. The zero-order valence-electron chi connectivity index (χ0n) is 62.2. The number of unbranched alkanes of at least 4 members (excludes halogenated alkanes) is 36. The van der Waals surface area contributed by atoms with Gasteiger partial charge in [0.1, 0.15) is 19.3 Å². The van der Waals surface area contributed by atoms with E-state index in [1.54, 1.807) is 0 Å². The summed E-state index contributed by atoms with van der Waals surface area (Å²) in [4.78, 5) is 72.9. The van der Waals surface area contributed by atoms with Crippen LogP contribution in [0, 0.1) is 0 Å². The van der Waals surface area contributed by atoms with Crippen molar-refractivity contribution in [3.8, 4) is 0 Å². The van der Waals surface area contributed by atoms with E-state index in [1.165, 1.54) is 141 Å². The van der Waals surface area contributed by atoms with Crippen molar-refractivity contribution in [1.82, 2.24) is 0 Å². The number of ether oxygens (including phenoxy) is 4. The van der Waals surface area contributed by atoms with Crippen LogP contribution in [-0.2, 0) is 65.4 Å². The van der Waals surface area contributed by atoms with E-state index < -0.39 is 97.5 Å². The van der Waals surface area contributed by atoms with Crippen molar-refractivity contribution in [2.24, 2.45) is 0 Å². The monoisotopic (exact) mass is 1420 g/mol. The second-order valence-corrected chi connectivity index (χ2v) is 29.2. The van der Waals surface area contributed by atoms with Gasteiger partial charge in [-0.05, 0) is 89.9 Å². The number of carbonyl (C=O) groups is 4. The first-order valence-electron chi connectivity index (χ1n) is 39.2. The van der Waals surface area contributed by atoms with Crippen LogP contribution in [0.3, 0.4) is 0 Å². The Morgan fingerprint density at radius 2 is 0.541 bits per heavy atom. The van der Waals surface area contributed by atoms with Gasteiger partial charge < -0.3 is 33.8 Å². The molecule has 0 radical (unpaired) electrons. The molecule has 0 aromatic heterocycles. The van der Waals surface area contributed by atoms with Crippen LogP contribution in [0.25, 0.3) is 0 Å². The number of aliphatic hydroxyl groups is 1. The van der Waals surface area contributed by atoms with Crippen LogP contribution < -0.4 is 0 Å². The van der Waals surface area contributed by atoms with Gasteiger partial charge in [0, 0.05) is 25.7 Å². The fourth-order valence-electron chi connectivity index (χ4n) is 10.7. The number of esters is 4. The molecule has 3 N–H and O–H groups in total. The molecule has 0 aliphatic rings. The Bertz CT molecular complexity index is 2140. The molecule has 0 aliphatic carbocycles. The van der Waals surface area contributed by atoms with E-state index in [2.05, 4.69) is 88.5 Å². The number of hydrogen-bond acceptors (Lipinski definition) is 15. The average Bonchev–Trinajstić information content (AvgIpc) is 1.05. The standard InChI is InChI=1S/C79H142O17P2/c1-5-9-13-17-21-25-29-33-35-36-38-41-44-48-52-56-60-64-77(82)90-70-75(96-79(84)66-62-58-54-50-46-42-37-34-30-26-22-18-14-10-6-2)72-94-98(87,88)92-68-73(80)67-91-97(85,86)93-71-74(95-78(83)65-61-57-53-49-45-40-32-28-24-20-16-12-8-4)69-89-76(81)63-59-55-51-47-43-39-31-27-23-19-15-11-7-3/h9,13,21,25,27,31,33,35,38,41,48,52,73-75,80H,5-8,10-12,14-20,22-24,26,28-30,32,34,36-37,39-40,42-47,49-51,53-72H2,1-4H3,(H,85,86)(H,87,88)/b13-9-,25-21-,31-27-,35-33-,41-38-,52-48-. The molecule has 0 rings (SSSR count). The molecule has 570 valence electrons. The lowest BCUT2D eigenvalue weighted by Crippen LogP contribution is -2.30. The molecule has 0 saturated carbocycles. The summed E-state index contributed by atoms with van der Waals surface area (Å²) in [6.07, 6.45) is 71.8. The summed E-state index contributed by atoms with van der Waals surface area (Å²) in [6.45, 7) is 4.73. The number of rotatable bonds is 74. The molecule has 0 aromatic rings. The van der Waals surface area contributed by atoms with E-state index in [0.717, 1.165) is 122 Å². The van der Waals surface area contributed by atoms with Gasteiger partial charge in [0.05, 0.1) is 26.4 Å². The Balaban J connectivity index is 5.36. The van der Waals surface area contributed by atoms with Gasteiger partial charge in [-0.3, -0.25) is 37.3 Å². The van der Waals surface area contributed by atoms with Crippen molar-refractivity contribution >= 4 is 39.5 Å². The van der Waals surface area contributed by atoms with Crippen molar-refractivity contribution in [1.29, 1.82) is 0 Å². The Morgan fingerprint density at radius 3 is 0.878 bits per heavy atom. The molecule has 0 bridgehead atoms. The largest absolute Gasteiger partial charge is 0.472 e. The van der Waals surface area contributed by atoms with Gasteiger partial charge in [0.25, 0.3) is 0 Å². The normalized spacial score (nSPS) is 14.3. The molecule has 0 heterocycles. The lowest BCUT2D eigenvalue weighted by molar-refractivity contribution is -0.161.